The Morgan fingerprint density at radius 3 is 2.54 bits per heavy atom. The summed E-state index contributed by atoms with van der Waals surface area (Å²) in [5.41, 5.74) is -0.159. The first-order valence-electron chi connectivity index (χ1n) is 8.54. The van der Waals surface area contributed by atoms with Crippen molar-refractivity contribution in [3.05, 3.63) is 11.7 Å². The van der Waals surface area contributed by atoms with E-state index in [1.165, 1.54) is 0 Å². The molecular formula is C17H27N3O4. The van der Waals surface area contributed by atoms with E-state index in [-0.39, 0.29) is 23.9 Å². The molecule has 1 amide bonds. The van der Waals surface area contributed by atoms with Crippen LogP contribution in [0.25, 0.3) is 0 Å². The third kappa shape index (κ3) is 5.04. The van der Waals surface area contributed by atoms with Gasteiger partial charge in [-0.05, 0) is 19.3 Å². The van der Waals surface area contributed by atoms with Crippen LogP contribution in [-0.2, 0) is 21.4 Å². The molecule has 1 aromatic heterocycles. The molecule has 7 heteroatoms. The summed E-state index contributed by atoms with van der Waals surface area (Å²) in [5.74, 6) is -0.182. The first-order valence-corrected chi connectivity index (χ1v) is 8.54. The summed E-state index contributed by atoms with van der Waals surface area (Å²) in [6.45, 7) is 7.97. The Morgan fingerprint density at radius 2 is 2.04 bits per heavy atom. The van der Waals surface area contributed by atoms with Gasteiger partial charge in [-0.3, -0.25) is 9.59 Å². The highest BCUT2D eigenvalue weighted by Gasteiger charge is 2.34. The molecule has 1 unspecified atom stereocenters. The zero-order valence-corrected chi connectivity index (χ0v) is 14.9. The number of rotatable bonds is 8. The lowest BCUT2D eigenvalue weighted by molar-refractivity contribution is -0.143. The molecule has 1 aliphatic carbocycles. The molecule has 2 rings (SSSR count). The van der Waals surface area contributed by atoms with Gasteiger partial charge in [0.15, 0.2) is 5.82 Å². The van der Waals surface area contributed by atoms with Crippen LogP contribution < -0.4 is 0 Å². The maximum Gasteiger partial charge on any atom is 0.308 e. The van der Waals surface area contributed by atoms with Crippen LogP contribution in [0.5, 0.6) is 0 Å². The van der Waals surface area contributed by atoms with E-state index >= 15 is 0 Å². The average Bonchev–Trinajstić information content (AvgIpc) is 3.20. The third-order valence-corrected chi connectivity index (χ3v) is 4.12. The summed E-state index contributed by atoms with van der Waals surface area (Å²) in [6.07, 6.45) is 3.49. The van der Waals surface area contributed by atoms with Crippen molar-refractivity contribution in [3.8, 4) is 0 Å². The Labute approximate surface area is 142 Å². The monoisotopic (exact) mass is 337 g/mol. The first kappa shape index (κ1) is 18.4. The van der Waals surface area contributed by atoms with Crippen LogP contribution in [0.1, 0.15) is 65.1 Å². The second-order valence-corrected chi connectivity index (χ2v) is 7.63. The molecule has 0 aromatic carbocycles. The van der Waals surface area contributed by atoms with Crippen molar-refractivity contribution in [1.29, 1.82) is 0 Å². The van der Waals surface area contributed by atoms with Crippen molar-refractivity contribution in [1.82, 2.24) is 15.0 Å². The van der Waals surface area contributed by atoms with Crippen LogP contribution in [0, 0.1) is 5.92 Å². The van der Waals surface area contributed by atoms with E-state index in [9.17, 15) is 9.59 Å². The maximum absolute atomic E-state index is 12.4. The molecule has 134 valence electrons. The largest absolute Gasteiger partial charge is 0.481 e. The minimum absolute atomic E-state index is 0.0150. The molecule has 7 nitrogen and oxygen atoms in total. The molecule has 1 saturated carbocycles. The van der Waals surface area contributed by atoms with Gasteiger partial charge in [-0.25, -0.2) is 0 Å². The lowest BCUT2D eigenvalue weighted by Crippen LogP contribution is -2.38. The molecule has 0 aliphatic heterocycles. The smallest absolute Gasteiger partial charge is 0.308 e. The predicted molar refractivity (Wildman–Crippen MR) is 87.5 cm³/mol. The molecule has 1 N–H and O–H groups in total. The second kappa shape index (κ2) is 7.32. The first-order chi connectivity index (χ1) is 11.2. The Hall–Kier alpha value is -1.92. The van der Waals surface area contributed by atoms with Crippen molar-refractivity contribution in [2.45, 2.75) is 71.3 Å². The molecule has 0 radical (unpaired) electrons. The molecule has 0 saturated heterocycles. The van der Waals surface area contributed by atoms with Gasteiger partial charge in [0.05, 0.1) is 5.92 Å². The number of nitrogens with zero attached hydrogens (tertiary/aromatic N) is 3. The maximum atomic E-state index is 12.4. The molecular weight excluding hydrogens is 310 g/mol. The number of aryl methyl sites for hydroxylation is 1. The van der Waals surface area contributed by atoms with Gasteiger partial charge >= 0.3 is 5.97 Å². The number of carbonyl (C=O) groups excluding carboxylic acids is 1. The molecule has 1 fully saturated rings. The molecule has 1 aliphatic rings. The standard InChI is InChI=1S/C17H27N3O4/c1-11(15(22)23)10-20(12-8-9-12)14(21)7-5-6-13-18-16(19-24-13)17(2,3)4/h11-12H,5-10H2,1-4H3,(H,22,23). The summed E-state index contributed by atoms with van der Waals surface area (Å²) in [5, 5.41) is 13.0. The van der Waals surface area contributed by atoms with Crippen molar-refractivity contribution in [3.63, 3.8) is 0 Å². The quantitative estimate of drug-likeness (QED) is 0.782. The van der Waals surface area contributed by atoms with Crippen LogP contribution >= 0.6 is 0 Å². The van der Waals surface area contributed by atoms with Gasteiger partial charge in [0.1, 0.15) is 0 Å². The number of carbonyl (C=O) groups is 2. The highest BCUT2D eigenvalue weighted by molar-refractivity contribution is 5.78. The van der Waals surface area contributed by atoms with Crippen LogP contribution in [0.15, 0.2) is 4.52 Å². The zero-order valence-electron chi connectivity index (χ0n) is 14.9. The van der Waals surface area contributed by atoms with E-state index in [1.54, 1.807) is 11.8 Å². The molecule has 0 spiro atoms. The van der Waals surface area contributed by atoms with Gasteiger partial charge in [-0.2, -0.15) is 4.98 Å². The summed E-state index contributed by atoms with van der Waals surface area (Å²) in [7, 11) is 0. The lowest BCUT2D eigenvalue weighted by atomic mass is 9.96. The topological polar surface area (TPSA) is 96.5 Å². The fraction of sp³-hybridized carbons (Fsp3) is 0.765. The lowest BCUT2D eigenvalue weighted by Gasteiger charge is -2.24. The van der Waals surface area contributed by atoms with E-state index in [2.05, 4.69) is 10.1 Å². The number of amides is 1. The van der Waals surface area contributed by atoms with Crippen molar-refractivity contribution in [2.24, 2.45) is 5.92 Å². The van der Waals surface area contributed by atoms with Gasteiger partial charge < -0.3 is 14.5 Å². The Kier molecular flexibility index (Phi) is 5.62. The van der Waals surface area contributed by atoms with Crippen molar-refractivity contribution >= 4 is 11.9 Å². The molecule has 1 aromatic rings. The third-order valence-electron chi connectivity index (χ3n) is 4.12. The van der Waals surface area contributed by atoms with Crippen LogP contribution in [0.4, 0.5) is 0 Å². The van der Waals surface area contributed by atoms with Gasteiger partial charge in [-0.1, -0.05) is 32.9 Å². The van der Waals surface area contributed by atoms with E-state index in [4.69, 9.17) is 9.63 Å². The van der Waals surface area contributed by atoms with Crippen LogP contribution in [0.2, 0.25) is 0 Å². The summed E-state index contributed by atoms with van der Waals surface area (Å²) in [4.78, 5) is 29.5. The van der Waals surface area contributed by atoms with E-state index in [0.717, 1.165) is 12.8 Å². The average molecular weight is 337 g/mol. The van der Waals surface area contributed by atoms with E-state index in [1.807, 2.05) is 20.8 Å². The zero-order chi connectivity index (χ0) is 17.9. The predicted octanol–water partition coefficient (Wildman–Crippen LogP) is 2.40. The fourth-order valence-electron chi connectivity index (χ4n) is 2.41. The Balaban J connectivity index is 1.83. The van der Waals surface area contributed by atoms with Gasteiger partial charge in [0.25, 0.3) is 0 Å². The van der Waals surface area contributed by atoms with Crippen LogP contribution in [-0.4, -0.2) is 44.6 Å². The highest BCUT2D eigenvalue weighted by Crippen LogP contribution is 2.28. The molecule has 1 atom stereocenters. The SMILES string of the molecule is CC(CN(C(=O)CCCc1nc(C(C)(C)C)no1)C1CC1)C(=O)O. The number of carboxylic acids is 1. The Bertz CT molecular complexity index is 587. The number of carboxylic acid groups (broad SMARTS) is 1. The van der Waals surface area contributed by atoms with E-state index in [0.29, 0.717) is 31.0 Å². The number of hydrogen-bond acceptors (Lipinski definition) is 5. The van der Waals surface area contributed by atoms with Crippen molar-refractivity contribution < 1.29 is 19.2 Å². The summed E-state index contributed by atoms with van der Waals surface area (Å²) >= 11 is 0. The molecule has 0 bridgehead atoms. The Morgan fingerprint density at radius 1 is 1.38 bits per heavy atom. The minimum Gasteiger partial charge on any atom is -0.481 e. The van der Waals surface area contributed by atoms with Crippen molar-refractivity contribution in [2.75, 3.05) is 6.54 Å². The summed E-state index contributed by atoms with van der Waals surface area (Å²) < 4.78 is 5.23. The molecule has 24 heavy (non-hydrogen) atoms. The normalized spacial score (nSPS) is 16.0. The van der Waals surface area contributed by atoms with Crippen LogP contribution in [0.3, 0.4) is 0 Å². The number of hydrogen-bond donors (Lipinski definition) is 1. The second-order valence-electron chi connectivity index (χ2n) is 7.63. The van der Waals surface area contributed by atoms with Gasteiger partial charge in [0.2, 0.25) is 11.8 Å². The van der Waals surface area contributed by atoms with E-state index < -0.39 is 11.9 Å². The highest BCUT2D eigenvalue weighted by atomic mass is 16.5. The number of aliphatic carboxylic acids is 1. The molecule has 1 heterocycles. The number of aromatic nitrogens is 2. The fourth-order valence-corrected chi connectivity index (χ4v) is 2.41. The summed E-state index contributed by atoms with van der Waals surface area (Å²) in [6, 6.07) is 0.218. The van der Waals surface area contributed by atoms with Gasteiger partial charge in [0, 0.05) is 30.8 Å². The van der Waals surface area contributed by atoms with Gasteiger partial charge in [-0.15, -0.1) is 0 Å². The minimum atomic E-state index is -0.867.